The fourth-order valence-electron chi connectivity index (χ4n) is 5.82. The molecule has 14 heteroatoms. The van der Waals surface area contributed by atoms with Crippen molar-refractivity contribution in [2.24, 2.45) is 0 Å². The van der Waals surface area contributed by atoms with E-state index in [4.69, 9.17) is 5.10 Å². The third-order valence-electron chi connectivity index (χ3n) is 8.32. The zero-order chi connectivity index (χ0) is 32.0. The summed E-state index contributed by atoms with van der Waals surface area (Å²) in [6.45, 7) is 7.80. The molecule has 1 atom stereocenters. The van der Waals surface area contributed by atoms with Crippen LogP contribution in [0, 0.1) is 28.4 Å². The zero-order valence-corrected chi connectivity index (χ0v) is 25.9. The summed E-state index contributed by atoms with van der Waals surface area (Å²) in [7, 11) is -2.83. The number of hydrogen-bond donors (Lipinski definition) is 0. The number of benzene rings is 2. The van der Waals surface area contributed by atoms with Crippen molar-refractivity contribution >= 4 is 39.0 Å². The quantitative estimate of drug-likeness (QED) is 0.209. The van der Waals surface area contributed by atoms with Crippen molar-refractivity contribution in [3.8, 4) is 17.2 Å². The number of nitriles is 1. The SMILES string of the molecule is CCN(C(C)=O)c1nc2c(C#N)c(C)c(-c3ccccc3)c(N3CC[C@](C)(N(C)S(=O)(=O)c4ccccc4[N+](=O)[O-])C3)n2n1. The van der Waals surface area contributed by atoms with Crippen molar-refractivity contribution in [1.82, 2.24) is 18.9 Å². The molecule has 228 valence electrons. The fourth-order valence-corrected chi connectivity index (χ4v) is 7.50. The molecule has 5 rings (SSSR count). The van der Waals surface area contributed by atoms with Gasteiger partial charge in [0.25, 0.3) is 11.6 Å². The molecule has 2 aromatic carbocycles. The van der Waals surface area contributed by atoms with E-state index in [1.807, 2.05) is 42.2 Å². The average Bonchev–Trinajstić information content (AvgIpc) is 3.61. The number of hydrogen-bond acceptors (Lipinski definition) is 9. The van der Waals surface area contributed by atoms with E-state index < -0.39 is 26.2 Å². The van der Waals surface area contributed by atoms with Gasteiger partial charge in [-0.2, -0.15) is 19.1 Å². The van der Waals surface area contributed by atoms with Gasteiger partial charge < -0.3 is 4.90 Å². The van der Waals surface area contributed by atoms with Crippen LogP contribution in [0.2, 0.25) is 0 Å². The van der Waals surface area contributed by atoms with Crippen LogP contribution in [0.25, 0.3) is 16.8 Å². The highest BCUT2D eigenvalue weighted by molar-refractivity contribution is 7.89. The van der Waals surface area contributed by atoms with Crippen molar-refractivity contribution < 1.29 is 18.1 Å². The molecule has 13 nitrogen and oxygen atoms in total. The number of para-hydroxylation sites is 1. The Hall–Kier alpha value is -4.87. The number of carbonyl (C=O) groups excluding carboxylic acids is 1. The van der Waals surface area contributed by atoms with Gasteiger partial charge in [0.15, 0.2) is 10.5 Å². The number of fused-ring (bicyclic) bond motifs is 1. The highest BCUT2D eigenvalue weighted by Crippen LogP contribution is 2.42. The summed E-state index contributed by atoms with van der Waals surface area (Å²) in [5.74, 6) is 0.501. The number of nitro groups is 1. The van der Waals surface area contributed by atoms with Gasteiger partial charge in [0.2, 0.25) is 15.9 Å². The summed E-state index contributed by atoms with van der Waals surface area (Å²) in [4.78, 5) is 31.0. The number of rotatable bonds is 8. The number of nitrogens with zero attached hydrogens (tertiary/aromatic N) is 8. The molecule has 1 saturated heterocycles. The summed E-state index contributed by atoms with van der Waals surface area (Å²) in [5, 5.41) is 26.6. The maximum atomic E-state index is 13.8. The number of amides is 1. The molecule has 1 aliphatic rings. The van der Waals surface area contributed by atoms with Crippen LogP contribution in [0.3, 0.4) is 0 Å². The molecule has 3 heterocycles. The average molecular weight is 617 g/mol. The molecule has 0 spiro atoms. The van der Waals surface area contributed by atoms with Gasteiger partial charge in [-0.25, -0.2) is 8.42 Å². The molecule has 0 bridgehead atoms. The second kappa shape index (κ2) is 11.3. The topological polar surface area (TPSA) is 158 Å². The maximum absolute atomic E-state index is 13.8. The van der Waals surface area contributed by atoms with E-state index >= 15 is 0 Å². The Kier molecular flexibility index (Phi) is 7.87. The van der Waals surface area contributed by atoms with E-state index in [-0.39, 0.29) is 28.9 Å². The third-order valence-corrected chi connectivity index (χ3v) is 10.4. The van der Waals surface area contributed by atoms with Gasteiger partial charge in [-0.3, -0.25) is 19.8 Å². The first-order valence-corrected chi connectivity index (χ1v) is 15.4. The van der Waals surface area contributed by atoms with E-state index in [1.165, 1.54) is 47.4 Å². The fraction of sp³-hybridized carbons (Fsp3) is 0.333. The predicted molar refractivity (Wildman–Crippen MR) is 165 cm³/mol. The minimum absolute atomic E-state index is 0.153. The third kappa shape index (κ3) is 4.93. The van der Waals surface area contributed by atoms with E-state index in [2.05, 4.69) is 11.1 Å². The summed E-state index contributed by atoms with van der Waals surface area (Å²) < 4.78 is 30.4. The van der Waals surface area contributed by atoms with E-state index in [1.54, 1.807) is 18.4 Å². The highest BCUT2D eigenvalue weighted by atomic mass is 32.2. The van der Waals surface area contributed by atoms with Gasteiger partial charge in [-0.1, -0.05) is 42.5 Å². The Morgan fingerprint density at radius 2 is 1.84 bits per heavy atom. The Balaban J connectivity index is 1.69. The summed E-state index contributed by atoms with van der Waals surface area (Å²) in [5.41, 5.74) is 1.35. The largest absolute Gasteiger partial charge is 0.354 e. The lowest BCUT2D eigenvalue weighted by Gasteiger charge is -2.35. The highest BCUT2D eigenvalue weighted by Gasteiger charge is 2.46. The van der Waals surface area contributed by atoms with Crippen molar-refractivity contribution in [2.75, 3.05) is 36.5 Å². The molecule has 0 N–H and O–H groups in total. The predicted octanol–water partition coefficient (Wildman–Crippen LogP) is 4.15. The molecule has 2 aromatic heterocycles. The van der Waals surface area contributed by atoms with Crippen LogP contribution in [0.1, 0.15) is 38.3 Å². The number of sulfonamides is 1. The zero-order valence-electron chi connectivity index (χ0n) is 25.1. The van der Waals surface area contributed by atoms with Crippen molar-refractivity contribution in [2.45, 2.75) is 44.6 Å². The maximum Gasteiger partial charge on any atom is 0.289 e. The number of pyridine rings is 1. The Morgan fingerprint density at radius 1 is 1.18 bits per heavy atom. The van der Waals surface area contributed by atoms with Crippen LogP contribution < -0.4 is 9.80 Å². The van der Waals surface area contributed by atoms with Crippen molar-refractivity contribution in [3.63, 3.8) is 0 Å². The molecule has 0 saturated carbocycles. The molecule has 1 aliphatic heterocycles. The van der Waals surface area contributed by atoms with Crippen LogP contribution in [-0.2, 0) is 14.8 Å². The first kappa shape index (κ1) is 30.6. The van der Waals surface area contributed by atoms with Gasteiger partial charge in [-0.15, -0.1) is 5.10 Å². The number of anilines is 2. The van der Waals surface area contributed by atoms with Crippen molar-refractivity contribution in [1.29, 1.82) is 5.26 Å². The van der Waals surface area contributed by atoms with Crippen LogP contribution in [-0.4, -0.2) is 70.4 Å². The molecule has 4 aromatic rings. The smallest absolute Gasteiger partial charge is 0.289 e. The van der Waals surface area contributed by atoms with E-state index in [0.29, 0.717) is 36.5 Å². The monoisotopic (exact) mass is 616 g/mol. The van der Waals surface area contributed by atoms with Crippen LogP contribution in [0.5, 0.6) is 0 Å². The Morgan fingerprint density at radius 3 is 2.45 bits per heavy atom. The molecular weight excluding hydrogens is 584 g/mol. The lowest BCUT2D eigenvalue weighted by atomic mass is 9.97. The molecular formula is C30H32N8O5S. The molecule has 1 amide bonds. The van der Waals surface area contributed by atoms with Crippen LogP contribution >= 0.6 is 0 Å². The van der Waals surface area contributed by atoms with Crippen molar-refractivity contribution in [3.05, 3.63) is 75.8 Å². The minimum Gasteiger partial charge on any atom is -0.354 e. The molecule has 0 radical (unpaired) electrons. The first-order chi connectivity index (χ1) is 20.9. The second-order valence-electron chi connectivity index (χ2n) is 11.0. The Bertz CT molecular complexity index is 1940. The van der Waals surface area contributed by atoms with Gasteiger partial charge >= 0.3 is 0 Å². The molecule has 44 heavy (non-hydrogen) atoms. The Labute approximate surface area is 255 Å². The molecule has 0 unspecified atom stereocenters. The van der Waals surface area contributed by atoms with Gasteiger partial charge in [0.05, 0.1) is 10.5 Å². The number of likely N-dealkylation sites (N-methyl/N-ethyl adjacent to an activating group) is 1. The standard InChI is InChI=1S/C30H32N8O5S/c1-6-36(21(3)39)29-32-27-23(18-31)20(2)26(22-12-8-7-9-13-22)28(37(27)33-29)35-17-16-30(4,19-35)34(5)44(42,43)25-15-11-10-14-24(25)38(40)41/h7-15H,6,16-17,19H2,1-5H3/t30-/m0/s1. The van der Waals surface area contributed by atoms with Gasteiger partial charge in [-0.05, 0) is 44.4 Å². The van der Waals surface area contributed by atoms with Crippen LogP contribution in [0.4, 0.5) is 17.5 Å². The molecule has 0 aliphatic carbocycles. The van der Waals surface area contributed by atoms with Gasteiger partial charge in [0.1, 0.15) is 17.5 Å². The number of carbonyl (C=O) groups is 1. The lowest BCUT2D eigenvalue weighted by molar-refractivity contribution is -0.387. The first-order valence-electron chi connectivity index (χ1n) is 14.0. The summed E-state index contributed by atoms with van der Waals surface area (Å²) in [6, 6.07) is 17.1. The lowest BCUT2D eigenvalue weighted by Crippen LogP contribution is -2.49. The van der Waals surface area contributed by atoms with Crippen LogP contribution in [0.15, 0.2) is 59.5 Å². The van der Waals surface area contributed by atoms with E-state index in [0.717, 1.165) is 11.1 Å². The summed E-state index contributed by atoms with van der Waals surface area (Å²) in [6.07, 6.45) is 0.397. The number of aromatic nitrogens is 3. The minimum atomic E-state index is -4.26. The normalized spacial score (nSPS) is 16.8. The van der Waals surface area contributed by atoms with Gasteiger partial charge in [0, 0.05) is 45.2 Å². The molecule has 1 fully saturated rings. The van der Waals surface area contributed by atoms with E-state index in [9.17, 15) is 28.6 Å². The summed E-state index contributed by atoms with van der Waals surface area (Å²) >= 11 is 0. The number of nitro benzene ring substituents is 1. The second-order valence-corrected chi connectivity index (χ2v) is 12.9.